The molecule has 2 heterocycles. The molecule has 8 atom stereocenters. The van der Waals surface area contributed by atoms with E-state index in [0.717, 1.165) is 29.4 Å². The fraction of sp³-hybridized carbons (Fsp3) is 0.760. The third kappa shape index (κ3) is 7.37. The van der Waals surface area contributed by atoms with Crippen molar-refractivity contribution in [3.63, 3.8) is 0 Å². The lowest BCUT2D eigenvalue weighted by atomic mass is 9.77. The number of nitrogens with two attached hydrogens (primary N) is 1. The third-order valence-electron chi connectivity index (χ3n) is 8.17. The molecule has 1 saturated carbocycles. The van der Waals surface area contributed by atoms with Crippen LogP contribution in [-0.4, -0.2) is 53.7 Å². The molecule has 0 aromatic carbocycles. The van der Waals surface area contributed by atoms with Crippen LogP contribution in [0.15, 0.2) is 29.2 Å². The van der Waals surface area contributed by atoms with Crippen LogP contribution in [-0.2, 0) is 30.0 Å². The van der Waals surface area contributed by atoms with Crippen molar-refractivity contribution in [3.05, 3.63) is 34.9 Å². The predicted octanol–water partition coefficient (Wildman–Crippen LogP) is 5.42. The summed E-state index contributed by atoms with van der Waals surface area (Å²) < 4.78 is 41.4. The Morgan fingerprint density at radius 3 is 2.68 bits per heavy atom. The average molecular weight is 608 g/mol. The molecule has 2 aliphatic rings. The molecule has 0 bridgehead atoms. The molecule has 1 aromatic rings. The van der Waals surface area contributed by atoms with Crippen LogP contribution in [0.1, 0.15) is 60.1 Å². The van der Waals surface area contributed by atoms with Crippen molar-refractivity contribution in [2.45, 2.75) is 107 Å². The molecule has 1 aliphatic heterocycles. The quantitative estimate of drug-likeness (QED) is 0.166. The van der Waals surface area contributed by atoms with Gasteiger partial charge in [0.15, 0.2) is 27.9 Å². The summed E-state index contributed by atoms with van der Waals surface area (Å²) in [4.78, 5) is 16.2. The maximum Gasteiger partial charge on any atom is 0.351 e. The highest BCUT2D eigenvalue weighted by Gasteiger charge is 2.50. The van der Waals surface area contributed by atoms with Gasteiger partial charge in [-0.25, -0.2) is 9.18 Å². The summed E-state index contributed by atoms with van der Waals surface area (Å²) in [5.74, 6) is 0.360. The summed E-state index contributed by atoms with van der Waals surface area (Å²) in [6, 6.07) is 1.42. The zero-order valence-corrected chi connectivity index (χ0v) is 27.1. The maximum atomic E-state index is 16.0. The number of nitrogens with zero attached hydrogens (tertiary/aromatic N) is 2. The van der Waals surface area contributed by atoms with Crippen molar-refractivity contribution >= 4 is 45.7 Å². The highest BCUT2D eigenvalue weighted by atomic mass is 32.4. The average Bonchev–Trinajstić information content (AvgIpc) is 3.08. The lowest BCUT2D eigenvalue weighted by Crippen LogP contribution is -2.44. The number of nitrogen functional groups attached to an aromatic ring is 1. The molecule has 0 spiro atoms. The Morgan fingerprint density at radius 1 is 1.45 bits per heavy atom. The van der Waals surface area contributed by atoms with Gasteiger partial charge in [0, 0.05) is 10.9 Å². The molecule has 1 saturated heterocycles. The molecule has 216 valence electrons. The Balaban J connectivity index is 1.81. The second-order valence-electron chi connectivity index (χ2n) is 12.2. The first-order chi connectivity index (χ1) is 17.4. The van der Waals surface area contributed by atoms with Crippen LogP contribution in [0.4, 0.5) is 10.2 Å². The molecule has 2 fully saturated rings. The van der Waals surface area contributed by atoms with Crippen LogP contribution < -0.4 is 11.4 Å². The second-order valence-corrected chi connectivity index (χ2v) is 20.0. The molecule has 8 nitrogen and oxygen atoms in total. The number of thiol groups is 1. The van der Waals surface area contributed by atoms with E-state index >= 15 is 4.39 Å². The summed E-state index contributed by atoms with van der Waals surface area (Å²) >= 11 is 10.5. The maximum absolute atomic E-state index is 16.0. The molecule has 2 N–H and O–H groups in total. The number of anilines is 1. The van der Waals surface area contributed by atoms with Gasteiger partial charge in [-0.15, -0.1) is 0 Å². The van der Waals surface area contributed by atoms with E-state index < -0.39 is 45.8 Å². The molecule has 3 rings (SSSR count). The van der Waals surface area contributed by atoms with Gasteiger partial charge in [0.05, 0.1) is 12.7 Å². The Morgan fingerprint density at radius 2 is 2.11 bits per heavy atom. The van der Waals surface area contributed by atoms with E-state index in [1.54, 1.807) is 0 Å². The normalized spacial score (nSPS) is 33.3. The van der Waals surface area contributed by atoms with Crippen LogP contribution in [0.2, 0.25) is 18.1 Å². The second kappa shape index (κ2) is 12.1. The molecule has 0 radical (unpaired) electrons. The number of hydrogen-bond donors (Lipinski definition) is 2. The highest BCUT2D eigenvalue weighted by Crippen LogP contribution is 2.47. The number of hydrogen-bond acceptors (Lipinski definition) is 9. The van der Waals surface area contributed by atoms with E-state index in [-0.39, 0.29) is 28.3 Å². The Hall–Kier alpha value is -0.593. The van der Waals surface area contributed by atoms with E-state index in [2.05, 4.69) is 45.4 Å². The number of allylic oxidation sites excluding steroid dienone is 1. The smallest absolute Gasteiger partial charge is 0.351 e. The minimum absolute atomic E-state index is 0.0464. The van der Waals surface area contributed by atoms with E-state index in [1.165, 1.54) is 12.3 Å². The largest absolute Gasteiger partial charge is 0.414 e. The number of alkyl halides is 1. The van der Waals surface area contributed by atoms with Gasteiger partial charge in [0.25, 0.3) is 0 Å². The van der Waals surface area contributed by atoms with Crippen LogP contribution in [0.5, 0.6) is 0 Å². The van der Waals surface area contributed by atoms with E-state index in [4.69, 9.17) is 48.4 Å². The van der Waals surface area contributed by atoms with Crippen molar-refractivity contribution in [1.82, 2.24) is 9.55 Å². The minimum atomic E-state index is -2.34. The Kier molecular flexibility index (Phi) is 10.2. The van der Waals surface area contributed by atoms with E-state index in [0.29, 0.717) is 5.92 Å². The lowest BCUT2D eigenvalue weighted by molar-refractivity contribution is -0.0448. The first-order valence-electron chi connectivity index (χ1n) is 13.0. The standard InChI is InChI=1S/C25H43FN3O5PS2Si/c1-15(2)16-9-11-25(6,36)18(13-16)33-35(37)34-21-17(14-31-38(7,8)24(3,4)5)32-22(20(21)26)29-12-10-19(27)28-23(29)30/h10,12,16-18,20-22,35-36H,1,9,11,13-14H2,2-8H3,(H2,27,28,30)/t16-,17-,18+,20-,21-,22-,25+/m1/s1. The number of ether oxygens (including phenoxy) is 1. The zero-order valence-electron chi connectivity index (χ0n) is 23.4. The molecule has 1 aromatic heterocycles. The highest BCUT2D eigenvalue weighted by molar-refractivity contribution is 8.00. The summed E-state index contributed by atoms with van der Waals surface area (Å²) in [6.45, 7) is 18.8. The van der Waals surface area contributed by atoms with E-state index in [9.17, 15) is 4.79 Å². The van der Waals surface area contributed by atoms with Crippen molar-refractivity contribution in [3.8, 4) is 0 Å². The molecule has 1 aliphatic carbocycles. The molecular formula is C25H43FN3O5PS2Si. The zero-order chi connectivity index (χ0) is 28.6. The fourth-order valence-electron chi connectivity index (χ4n) is 4.45. The first kappa shape index (κ1) is 31.9. The molecule has 13 heteroatoms. The van der Waals surface area contributed by atoms with Crippen LogP contribution >= 0.6 is 19.8 Å². The van der Waals surface area contributed by atoms with Gasteiger partial charge in [0.1, 0.15) is 18.0 Å². The van der Waals surface area contributed by atoms with Crippen LogP contribution in [0.3, 0.4) is 0 Å². The SMILES string of the molecule is C=C(C)[C@@H]1CC[C@](C)(S)[C@@H](O[PH](=S)O[C@H]2[C@@H](F)[C@H](n3ccc(N)nc3=O)O[C@@H]2CO[Si](C)(C)C(C)(C)C)C1. The van der Waals surface area contributed by atoms with Crippen molar-refractivity contribution in [1.29, 1.82) is 0 Å². The minimum Gasteiger partial charge on any atom is -0.414 e. The van der Waals surface area contributed by atoms with Crippen molar-refractivity contribution in [2.75, 3.05) is 12.3 Å². The number of aromatic nitrogens is 2. The van der Waals surface area contributed by atoms with Gasteiger partial charge in [-0.3, -0.25) is 4.57 Å². The van der Waals surface area contributed by atoms with Crippen molar-refractivity contribution in [2.24, 2.45) is 5.92 Å². The summed E-state index contributed by atoms with van der Waals surface area (Å²) in [7, 11) is -4.52. The Bertz CT molecular complexity index is 1100. The summed E-state index contributed by atoms with van der Waals surface area (Å²) in [5, 5.41) is -0.0534. The first-order valence-corrected chi connectivity index (χ1v) is 18.8. The van der Waals surface area contributed by atoms with Gasteiger partial charge in [0.2, 0.25) is 0 Å². The molecule has 38 heavy (non-hydrogen) atoms. The number of rotatable bonds is 9. The van der Waals surface area contributed by atoms with Crippen LogP contribution in [0.25, 0.3) is 0 Å². The molecular weight excluding hydrogens is 564 g/mol. The molecule has 0 amide bonds. The predicted molar refractivity (Wildman–Crippen MR) is 160 cm³/mol. The van der Waals surface area contributed by atoms with Gasteiger partial charge >= 0.3 is 5.69 Å². The lowest BCUT2D eigenvalue weighted by Gasteiger charge is -2.41. The number of halogens is 1. The summed E-state index contributed by atoms with van der Waals surface area (Å²) in [6.07, 6.45) is -1.14. The Labute approximate surface area is 238 Å². The van der Waals surface area contributed by atoms with Gasteiger partial charge in [-0.05, 0) is 75.0 Å². The third-order valence-corrected chi connectivity index (χ3v) is 14.7. The van der Waals surface area contributed by atoms with Gasteiger partial charge < -0.3 is 23.9 Å². The molecule has 1 unspecified atom stereocenters. The van der Waals surface area contributed by atoms with Gasteiger partial charge in [-0.2, -0.15) is 17.6 Å². The van der Waals surface area contributed by atoms with Gasteiger partial charge in [-0.1, -0.05) is 32.9 Å². The summed E-state index contributed by atoms with van der Waals surface area (Å²) in [5.41, 5.74) is 6.01. The van der Waals surface area contributed by atoms with Crippen LogP contribution in [0, 0.1) is 5.92 Å². The fourth-order valence-corrected chi connectivity index (χ4v) is 7.69. The topological polar surface area (TPSA) is 97.8 Å². The monoisotopic (exact) mass is 607 g/mol. The van der Waals surface area contributed by atoms with E-state index in [1.807, 2.05) is 13.8 Å². The van der Waals surface area contributed by atoms with Crippen molar-refractivity contribution < 1.29 is 22.6 Å².